The molecule has 0 saturated heterocycles. The quantitative estimate of drug-likeness (QED) is 0.792. The van der Waals surface area contributed by atoms with Gasteiger partial charge in [-0.05, 0) is 18.2 Å². The van der Waals surface area contributed by atoms with Crippen LogP contribution in [0.15, 0.2) is 23.1 Å². The molecule has 92 valence electrons. The molecule has 0 saturated carbocycles. The van der Waals surface area contributed by atoms with E-state index < -0.39 is 15.1 Å². The van der Waals surface area contributed by atoms with Crippen molar-refractivity contribution < 1.29 is 19.4 Å². The summed E-state index contributed by atoms with van der Waals surface area (Å²) in [4.78, 5) is -2.03. The van der Waals surface area contributed by atoms with Crippen molar-refractivity contribution in [3.8, 4) is 6.07 Å². The summed E-state index contributed by atoms with van der Waals surface area (Å²) in [5.74, 6) is 0. The van der Waals surface area contributed by atoms with Crippen LogP contribution in [0.4, 0.5) is 19.4 Å². The minimum Gasteiger partial charge on any atom is -0.276 e. The first kappa shape index (κ1) is 11.7. The smallest absolute Gasteiger partial charge is 0.276 e. The largest absolute Gasteiger partial charge is 0.310 e. The van der Waals surface area contributed by atoms with Crippen LogP contribution in [0, 0.1) is 11.3 Å². The van der Waals surface area contributed by atoms with E-state index in [2.05, 4.69) is 10.2 Å². The molecular weight excluding hydrogens is 265 g/mol. The normalized spacial score (nSPS) is 16.2. The van der Waals surface area contributed by atoms with Crippen LogP contribution in [0.25, 0.3) is 10.9 Å². The van der Waals surface area contributed by atoms with Crippen LogP contribution in [0.1, 0.15) is 5.69 Å². The molecule has 9 heteroatoms. The maximum absolute atomic E-state index is 12.5. The Morgan fingerprint density at radius 2 is 1.82 bits per heavy atom. The highest BCUT2D eigenvalue weighted by Gasteiger charge is 2.65. The molecule has 0 fully saturated rings. The first-order chi connectivity index (χ1) is 7.51. The lowest BCUT2D eigenvalue weighted by atomic mass is 10.2. The van der Waals surface area contributed by atoms with E-state index in [-0.39, 0.29) is 28.7 Å². The summed E-state index contributed by atoms with van der Waals surface area (Å²) in [6, 6.07) is 2.83. The van der Waals surface area contributed by atoms with E-state index in [0.29, 0.717) is 0 Å². The Bertz CT molecular complexity index is 651. The molecule has 0 radical (unpaired) electrons. The van der Waals surface area contributed by atoms with E-state index in [1.54, 1.807) is 0 Å². The first-order valence-corrected chi connectivity index (χ1v) is 6.09. The molecular formula is C8H4F5N3S. The van der Waals surface area contributed by atoms with Crippen molar-refractivity contribution in [3.63, 3.8) is 0 Å². The highest BCUT2D eigenvalue weighted by molar-refractivity contribution is 8.45. The molecule has 1 aromatic heterocycles. The van der Waals surface area contributed by atoms with Gasteiger partial charge in [0, 0.05) is 5.39 Å². The molecule has 0 bridgehead atoms. The molecule has 0 unspecified atom stereocenters. The first-order valence-electron chi connectivity index (χ1n) is 4.13. The second-order valence-corrected chi connectivity index (χ2v) is 5.77. The van der Waals surface area contributed by atoms with Crippen molar-refractivity contribution in [2.24, 2.45) is 0 Å². The van der Waals surface area contributed by atoms with Crippen LogP contribution in [-0.2, 0) is 0 Å². The van der Waals surface area contributed by atoms with Gasteiger partial charge >= 0.3 is 10.2 Å². The SMILES string of the molecule is N#Cc1n[nH]c2ccc(S(F)(F)(F)(F)F)cc12. The number of hydrogen-bond acceptors (Lipinski definition) is 2. The second kappa shape index (κ2) is 2.53. The number of nitrogens with zero attached hydrogens (tertiary/aromatic N) is 2. The Kier molecular flexibility index (Phi) is 1.74. The average Bonchev–Trinajstić information content (AvgIpc) is 2.55. The van der Waals surface area contributed by atoms with Gasteiger partial charge in [-0.1, -0.05) is 19.4 Å². The van der Waals surface area contributed by atoms with Crippen molar-refractivity contribution in [1.82, 2.24) is 10.2 Å². The van der Waals surface area contributed by atoms with Crippen LogP contribution >= 0.6 is 10.2 Å². The molecule has 2 aromatic rings. The van der Waals surface area contributed by atoms with E-state index >= 15 is 0 Å². The fourth-order valence-electron chi connectivity index (χ4n) is 1.32. The fourth-order valence-corrected chi connectivity index (χ4v) is 1.98. The van der Waals surface area contributed by atoms with Gasteiger partial charge in [-0.25, -0.2) is 0 Å². The number of halogens is 5. The monoisotopic (exact) mass is 269 g/mol. The number of nitrogens with one attached hydrogen (secondary N) is 1. The van der Waals surface area contributed by atoms with Gasteiger partial charge in [0.1, 0.15) is 11.0 Å². The van der Waals surface area contributed by atoms with Gasteiger partial charge in [-0.15, -0.1) is 0 Å². The second-order valence-electron chi connectivity index (χ2n) is 3.36. The zero-order valence-electron chi connectivity index (χ0n) is 7.92. The van der Waals surface area contributed by atoms with Gasteiger partial charge in [0.2, 0.25) is 0 Å². The van der Waals surface area contributed by atoms with Crippen molar-refractivity contribution in [1.29, 1.82) is 5.26 Å². The molecule has 2 rings (SSSR count). The third-order valence-electron chi connectivity index (χ3n) is 2.09. The zero-order valence-corrected chi connectivity index (χ0v) is 8.74. The Balaban J connectivity index is 2.81. The predicted octanol–water partition coefficient (Wildman–Crippen LogP) is 4.09. The summed E-state index contributed by atoms with van der Waals surface area (Å²) in [5.41, 5.74) is -0.268. The maximum Gasteiger partial charge on any atom is 0.310 e. The summed E-state index contributed by atoms with van der Waals surface area (Å²) < 4.78 is 62.5. The van der Waals surface area contributed by atoms with E-state index in [1.165, 1.54) is 6.07 Å². The maximum atomic E-state index is 12.5. The van der Waals surface area contributed by atoms with Gasteiger partial charge < -0.3 is 0 Å². The minimum absolute atomic E-state index is 0.0900. The van der Waals surface area contributed by atoms with E-state index in [9.17, 15) is 19.4 Å². The third kappa shape index (κ3) is 2.03. The van der Waals surface area contributed by atoms with Crippen molar-refractivity contribution in [3.05, 3.63) is 23.9 Å². The summed E-state index contributed by atoms with van der Waals surface area (Å²) in [7, 11) is -9.72. The minimum atomic E-state index is -9.72. The Labute approximate surface area is 91.6 Å². The number of benzene rings is 1. The predicted molar refractivity (Wildman–Crippen MR) is 52.2 cm³/mol. The van der Waals surface area contributed by atoms with Gasteiger partial charge in [0.25, 0.3) is 0 Å². The summed E-state index contributed by atoms with van der Waals surface area (Å²) >= 11 is 0. The Hall–Kier alpha value is -1.82. The standard InChI is InChI=1S/C8H4F5N3S/c9-17(10,11,12,13)5-1-2-7-6(3-5)8(4-14)16-15-7/h1-3H,(H,15,16). The molecule has 17 heavy (non-hydrogen) atoms. The summed E-state index contributed by atoms with van der Waals surface area (Å²) in [5, 5.41) is 13.9. The molecule has 1 heterocycles. The molecule has 1 aromatic carbocycles. The fraction of sp³-hybridized carbons (Fsp3) is 0. The lowest BCUT2D eigenvalue weighted by Gasteiger charge is -2.40. The summed E-state index contributed by atoms with van der Waals surface area (Å²) in [6.07, 6.45) is 0. The molecule has 0 spiro atoms. The van der Waals surface area contributed by atoms with Crippen LogP contribution in [0.3, 0.4) is 0 Å². The number of hydrogen-bond donors (Lipinski definition) is 1. The van der Waals surface area contributed by atoms with Gasteiger partial charge in [0.05, 0.1) is 5.52 Å². The van der Waals surface area contributed by atoms with Crippen LogP contribution in [-0.4, -0.2) is 10.2 Å². The molecule has 3 nitrogen and oxygen atoms in total. The number of fused-ring (bicyclic) bond motifs is 1. The Morgan fingerprint density at radius 1 is 1.18 bits per heavy atom. The van der Waals surface area contributed by atoms with E-state index in [1.807, 2.05) is 0 Å². The van der Waals surface area contributed by atoms with Crippen LogP contribution in [0.5, 0.6) is 0 Å². The van der Waals surface area contributed by atoms with E-state index in [0.717, 1.165) is 6.07 Å². The zero-order chi connectivity index (χ0) is 13.0. The van der Waals surface area contributed by atoms with Gasteiger partial charge in [-0.3, -0.25) is 5.10 Å². The number of nitriles is 1. The van der Waals surface area contributed by atoms with E-state index in [4.69, 9.17) is 5.26 Å². The molecule has 0 atom stereocenters. The van der Waals surface area contributed by atoms with Crippen molar-refractivity contribution in [2.75, 3.05) is 0 Å². The van der Waals surface area contributed by atoms with Gasteiger partial charge in [-0.2, -0.15) is 10.4 Å². The molecule has 1 N–H and O–H groups in total. The lowest BCUT2D eigenvalue weighted by Crippen LogP contribution is -2.05. The molecule has 0 aliphatic rings. The molecule has 0 aliphatic carbocycles. The van der Waals surface area contributed by atoms with Crippen LogP contribution in [0.2, 0.25) is 0 Å². The van der Waals surface area contributed by atoms with Gasteiger partial charge in [0.15, 0.2) is 5.69 Å². The molecule has 0 aliphatic heterocycles. The number of H-pyrrole nitrogens is 1. The Morgan fingerprint density at radius 3 is 2.35 bits per heavy atom. The topological polar surface area (TPSA) is 52.5 Å². The lowest BCUT2D eigenvalue weighted by molar-refractivity contribution is 0.364. The average molecular weight is 269 g/mol. The van der Waals surface area contributed by atoms with Crippen molar-refractivity contribution in [2.45, 2.75) is 4.90 Å². The highest BCUT2D eigenvalue weighted by Crippen LogP contribution is 3.02. The third-order valence-corrected chi connectivity index (χ3v) is 3.23. The van der Waals surface area contributed by atoms with Crippen molar-refractivity contribution >= 4 is 21.1 Å². The number of aromatic nitrogens is 2. The van der Waals surface area contributed by atoms with Crippen LogP contribution < -0.4 is 0 Å². The highest BCUT2D eigenvalue weighted by atomic mass is 32.5. The number of aromatic amines is 1. The number of rotatable bonds is 1. The summed E-state index contributed by atoms with van der Waals surface area (Å²) in [6.45, 7) is 0. The molecule has 0 amide bonds.